The number of benzene rings is 4. The number of hydrogen-bond acceptors (Lipinski definition) is 5. The van der Waals surface area contributed by atoms with Gasteiger partial charge < -0.3 is 23.7 Å². The summed E-state index contributed by atoms with van der Waals surface area (Å²) >= 11 is 0. The van der Waals surface area contributed by atoms with Crippen LogP contribution in [0.2, 0.25) is 0 Å². The van der Waals surface area contributed by atoms with E-state index < -0.39 is 29.8 Å². The Labute approximate surface area is 260 Å². The minimum Gasteiger partial charge on any atom is -0.374 e. The molecule has 0 aliphatic carbocycles. The van der Waals surface area contributed by atoms with Crippen LogP contribution in [-0.2, 0) is 50.1 Å². The van der Waals surface area contributed by atoms with Crippen molar-refractivity contribution in [2.24, 2.45) is 0 Å². The van der Waals surface area contributed by atoms with E-state index in [1.165, 1.54) is 0 Å². The van der Waals surface area contributed by atoms with Crippen LogP contribution in [0.5, 0.6) is 0 Å². The van der Waals surface area contributed by atoms with E-state index in [4.69, 9.17) is 23.7 Å². The highest BCUT2D eigenvalue weighted by atomic mass is 19.1. The zero-order valence-electron chi connectivity index (χ0n) is 25.6. The Morgan fingerprint density at radius 2 is 1.14 bits per heavy atom. The van der Waals surface area contributed by atoms with E-state index in [1.807, 2.05) is 128 Å². The summed E-state index contributed by atoms with van der Waals surface area (Å²) in [6, 6.07) is 39.7. The first kappa shape index (κ1) is 32.0. The zero-order valence-corrected chi connectivity index (χ0v) is 25.6. The number of hydrogen-bond donors (Lipinski definition) is 0. The van der Waals surface area contributed by atoms with Gasteiger partial charge in [-0.1, -0.05) is 128 Å². The Balaban J connectivity index is 1.45. The molecule has 5 unspecified atom stereocenters. The van der Waals surface area contributed by atoms with Crippen molar-refractivity contribution in [3.63, 3.8) is 0 Å². The van der Waals surface area contributed by atoms with Crippen LogP contribution >= 0.6 is 0 Å². The molecule has 5 atom stereocenters. The average molecular weight is 599 g/mol. The second-order valence-electron chi connectivity index (χ2n) is 11.5. The molecule has 232 valence electrons. The molecule has 44 heavy (non-hydrogen) atoms. The Hall–Kier alpha value is -3.39. The molecule has 5 rings (SSSR count). The Kier molecular flexibility index (Phi) is 11.3. The van der Waals surface area contributed by atoms with Gasteiger partial charge in [-0.3, -0.25) is 0 Å². The summed E-state index contributed by atoms with van der Waals surface area (Å²) in [5.74, 6) is -1.59. The second-order valence-corrected chi connectivity index (χ2v) is 11.5. The molecule has 4 aromatic carbocycles. The lowest BCUT2D eigenvalue weighted by Crippen LogP contribution is -2.65. The lowest BCUT2D eigenvalue weighted by molar-refractivity contribution is -0.377. The van der Waals surface area contributed by atoms with Gasteiger partial charge in [0.1, 0.15) is 12.2 Å². The largest absolute Gasteiger partial charge is 0.374 e. The monoisotopic (exact) mass is 598 g/mol. The molecular formula is C38H43FO5. The minimum absolute atomic E-state index is 0.155. The smallest absolute Gasteiger partial charge is 0.205 e. The molecule has 1 aliphatic heterocycles. The van der Waals surface area contributed by atoms with E-state index in [9.17, 15) is 0 Å². The maximum atomic E-state index is 16.8. The number of ether oxygens (including phenoxy) is 5. The fourth-order valence-corrected chi connectivity index (χ4v) is 5.51. The highest BCUT2D eigenvalue weighted by Crippen LogP contribution is 2.45. The van der Waals surface area contributed by atoms with Crippen molar-refractivity contribution in [2.75, 3.05) is 6.61 Å². The Morgan fingerprint density at radius 3 is 1.64 bits per heavy atom. The molecule has 0 amide bonds. The molecule has 1 fully saturated rings. The van der Waals surface area contributed by atoms with E-state index in [-0.39, 0.29) is 26.1 Å². The van der Waals surface area contributed by atoms with E-state index >= 15 is 4.39 Å². The number of rotatable bonds is 15. The standard InChI is InChI=1S/C38H43FO5/c1-3-37(2,39)38(43-28-33-22-14-7-15-23-33)24-34(41-26-31-18-10-5-11-19-31)36(42-27-32-20-12-6-13-21-32)35(44-38)29-40-25-30-16-8-4-9-17-30/h4-23,34-36H,3,24-29H2,1-2H3. The SMILES string of the molecule is CCC(C)(F)C1(OCc2ccccc2)CC(OCc2ccccc2)C(OCc2ccccc2)C(COCc2ccccc2)O1. The lowest BCUT2D eigenvalue weighted by atomic mass is 9.84. The molecular weight excluding hydrogens is 555 g/mol. The molecule has 5 nitrogen and oxygen atoms in total. The summed E-state index contributed by atoms with van der Waals surface area (Å²) in [7, 11) is 0. The summed E-state index contributed by atoms with van der Waals surface area (Å²) < 4.78 is 49.4. The molecule has 0 bridgehead atoms. The van der Waals surface area contributed by atoms with Crippen molar-refractivity contribution in [1.29, 1.82) is 0 Å². The summed E-state index contributed by atoms with van der Waals surface area (Å²) in [4.78, 5) is 0. The second kappa shape index (κ2) is 15.6. The third-order valence-corrected chi connectivity index (χ3v) is 8.30. The first-order valence-electron chi connectivity index (χ1n) is 15.5. The summed E-state index contributed by atoms with van der Waals surface area (Å²) in [5, 5.41) is 0. The molecule has 0 N–H and O–H groups in total. The molecule has 0 radical (unpaired) electrons. The topological polar surface area (TPSA) is 46.2 Å². The van der Waals surface area contributed by atoms with Gasteiger partial charge in [0.05, 0.1) is 39.1 Å². The van der Waals surface area contributed by atoms with Gasteiger partial charge in [-0.25, -0.2) is 4.39 Å². The van der Waals surface area contributed by atoms with E-state index in [0.29, 0.717) is 19.8 Å². The minimum atomic E-state index is -1.82. The van der Waals surface area contributed by atoms with Gasteiger partial charge in [0.25, 0.3) is 0 Å². The number of alkyl halides is 1. The highest BCUT2D eigenvalue weighted by Gasteiger charge is 2.59. The lowest BCUT2D eigenvalue weighted by Gasteiger charge is -2.52. The van der Waals surface area contributed by atoms with Gasteiger partial charge in [0.15, 0.2) is 5.67 Å². The third-order valence-electron chi connectivity index (χ3n) is 8.30. The molecule has 6 heteroatoms. The van der Waals surface area contributed by atoms with Crippen LogP contribution in [0.4, 0.5) is 4.39 Å². The third kappa shape index (κ3) is 8.40. The van der Waals surface area contributed by atoms with E-state index in [0.717, 1.165) is 22.3 Å². The van der Waals surface area contributed by atoms with Crippen molar-refractivity contribution in [3.8, 4) is 0 Å². The van der Waals surface area contributed by atoms with E-state index in [1.54, 1.807) is 6.92 Å². The molecule has 0 saturated carbocycles. The van der Waals surface area contributed by atoms with Crippen LogP contribution in [0.15, 0.2) is 121 Å². The quantitative estimate of drug-likeness (QED) is 0.138. The summed E-state index contributed by atoms with van der Waals surface area (Å²) in [6.07, 6.45) is -1.37. The average Bonchev–Trinajstić information content (AvgIpc) is 3.07. The highest BCUT2D eigenvalue weighted by molar-refractivity contribution is 5.17. The van der Waals surface area contributed by atoms with Gasteiger partial charge in [0.2, 0.25) is 5.79 Å². The Morgan fingerprint density at radius 1 is 0.682 bits per heavy atom. The zero-order chi connectivity index (χ0) is 30.7. The summed E-state index contributed by atoms with van der Waals surface area (Å²) in [6.45, 7) is 4.83. The van der Waals surface area contributed by atoms with E-state index in [2.05, 4.69) is 0 Å². The van der Waals surface area contributed by atoms with Crippen molar-refractivity contribution in [1.82, 2.24) is 0 Å². The molecule has 0 spiro atoms. The van der Waals surface area contributed by atoms with Crippen LogP contribution in [0.1, 0.15) is 48.9 Å². The van der Waals surface area contributed by atoms with Crippen molar-refractivity contribution in [3.05, 3.63) is 144 Å². The maximum Gasteiger partial charge on any atom is 0.205 e. The van der Waals surface area contributed by atoms with Gasteiger partial charge in [-0.15, -0.1) is 0 Å². The van der Waals surface area contributed by atoms with Gasteiger partial charge >= 0.3 is 0 Å². The fraction of sp³-hybridized carbons (Fsp3) is 0.368. The molecule has 4 aromatic rings. The van der Waals surface area contributed by atoms with Gasteiger partial charge in [-0.05, 0) is 35.6 Å². The molecule has 1 saturated heterocycles. The summed E-state index contributed by atoms with van der Waals surface area (Å²) in [5.41, 5.74) is 2.20. The van der Waals surface area contributed by atoms with Crippen molar-refractivity contribution >= 4 is 0 Å². The molecule has 0 aromatic heterocycles. The molecule has 1 heterocycles. The van der Waals surface area contributed by atoms with Crippen LogP contribution in [-0.4, -0.2) is 36.4 Å². The van der Waals surface area contributed by atoms with Gasteiger partial charge in [0, 0.05) is 6.42 Å². The first-order valence-corrected chi connectivity index (χ1v) is 15.5. The normalized spacial score (nSPS) is 23.2. The Bertz CT molecular complexity index is 1370. The number of halogens is 1. The molecule has 1 aliphatic rings. The van der Waals surface area contributed by atoms with Crippen molar-refractivity contribution < 1.29 is 28.1 Å². The van der Waals surface area contributed by atoms with Crippen molar-refractivity contribution in [2.45, 2.75) is 82.9 Å². The van der Waals surface area contributed by atoms with Crippen LogP contribution in [0.25, 0.3) is 0 Å². The van der Waals surface area contributed by atoms with Crippen LogP contribution in [0, 0.1) is 0 Å². The van der Waals surface area contributed by atoms with Crippen LogP contribution < -0.4 is 0 Å². The fourth-order valence-electron chi connectivity index (χ4n) is 5.51. The predicted molar refractivity (Wildman–Crippen MR) is 169 cm³/mol. The van der Waals surface area contributed by atoms with Crippen LogP contribution in [0.3, 0.4) is 0 Å². The van der Waals surface area contributed by atoms with Gasteiger partial charge in [-0.2, -0.15) is 0 Å². The maximum absolute atomic E-state index is 16.8. The first-order chi connectivity index (χ1) is 21.5. The predicted octanol–water partition coefficient (Wildman–Crippen LogP) is 8.21.